The number of nitrogens with one attached hydrogen (secondary N) is 1. The molecule has 0 spiro atoms. The first-order valence-electron chi connectivity index (χ1n) is 4.73. The molecular formula is C10H15BrN2O3. The Bertz CT molecular complexity index is 348. The van der Waals surface area contributed by atoms with Gasteiger partial charge in [-0.15, -0.1) is 0 Å². The van der Waals surface area contributed by atoms with Crippen LogP contribution in [0.15, 0.2) is 22.7 Å². The van der Waals surface area contributed by atoms with Gasteiger partial charge in [-0.3, -0.25) is 0 Å². The van der Waals surface area contributed by atoms with Crippen LogP contribution in [0.3, 0.4) is 0 Å². The van der Waals surface area contributed by atoms with Gasteiger partial charge in [0.2, 0.25) is 0 Å². The van der Waals surface area contributed by atoms with E-state index in [1.165, 1.54) is 0 Å². The molecule has 16 heavy (non-hydrogen) atoms. The van der Waals surface area contributed by atoms with Crippen molar-refractivity contribution in [1.82, 2.24) is 0 Å². The molecule has 0 atom stereocenters. The van der Waals surface area contributed by atoms with Crippen LogP contribution in [0.4, 0.5) is 11.4 Å². The molecule has 1 aromatic carbocycles. The highest BCUT2D eigenvalue weighted by Crippen LogP contribution is 2.25. The summed E-state index contributed by atoms with van der Waals surface area (Å²) in [6.45, 7) is -1.18. The summed E-state index contributed by atoms with van der Waals surface area (Å²) in [6, 6.07) is 5.17. The minimum Gasteiger partial charge on any atom is -0.397 e. The molecule has 5 nitrogen and oxygen atoms in total. The molecule has 0 aliphatic carbocycles. The van der Waals surface area contributed by atoms with Crippen molar-refractivity contribution in [2.45, 2.75) is 5.54 Å². The maximum atomic E-state index is 9.15. The van der Waals surface area contributed by atoms with Gasteiger partial charge in [-0.2, -0.15) is 0 Å². The highest BCUT2D eigenvalue weighted by Gasteiger charge is 2.28. The second kappa shape index (κ2) is 5.49. The zero-order valence-electron chi connectivity index (χ0n) is 8.65. The number of aliphatic hydroxyl groups is 3. The molecule has 1 aromatic rings. The number of aliphatic hydroxyl groups excluding tert-OH is 3. The third-order valence-electron chi connectivity index (χ3n) is 2.32. The molecule has 0 heterocycles. The van der Waals surface area contributed by atoms with Crippen molar-refractivity contribution in [2.75, 3.05) is 30.9 Å². The third kappa shape index (κ3) is 2.85. The summed E-state index contributed by atoms with van der Waals surface area (Å²) in [6.07, 6.45) is 0. The Hall–Kier alpha value is -0.820. The van der Waals surface area contributed by atoms with E-state index in [1.807, 2.05) is 0 Å². The van der Waals surface area contributed by atoms with Crippen molar-refractivity contribution in [3.63, 3.8) is 0 Å². The fraction of sp³-hybridized carbons (Fsp3) is 0.400. The minimum atomic E-state index is -1.16. The fourth-order valence-electron chi connectivity index (χ4n) is 1.20. The van der Waals surface area contributed by atoms with Crippen molar-refractivity contribution in [3.05, 3.63) is 22.7 Å². The first-order valence-corrected chi connectivity index (χ1v) is 5.52. The van der Waals surface area contributed by atoms with Crippen LogP contribution in [-0.2, 0) is 0 Å². The van der Waals surface area contributed by atoms with E-state index < -0.39 is 25.4 Å². The summed E-state index contributed by atoms with van der Waals surface area (Å²) < 4.78 is 0.832. The van der Waals surface area contributed by atoms with E-state index >= 15 is 0 Å². The van der Waals surface area contributed by atoms with E-state index in [0.717, 1.165) is 4.47 Å². The maximum Gasteiger partial charge on any atom is 0.107 e. The fourth-order valence-corrected chi connectivity index (χ4v) is 1.58. The van der Waals surface area contributed by atoms with E-state index in [0.29, 0.717) is 11.4 Å². The number of hydrogen-bond donors (Lipinski definition) is 5. The molecule has 0 aliphatic heterocycles. The lowest BCUT2D eigenvalue weighted by atomic mass is 10.0. The number of nitrogens with two attached hydrogens (primary N) is 1. The zero-order valence-corrected chi connectivity index (χ0v) is 10.2. The number of hydrogen-bond acceptors (Lipinski definition) is 5. The Morgan fingerprint density at radius 3 is 2.19 bits per heavy atom. The predicted molar refractivity (Wildman–Crippen MR) is 66.2 cm³/mol. The highest BCUT2D eigenvalue weighted by atomic mass is 79.9. The molecule has 0 radical (unpaired) electrons. The van der Waals surface area contributed by atoms with E-state index in [9.17, 15) is 0 Å². The number of nitrogen functional groups attached to an aromatic ring is 1. The zero-order chi connectivity index (χ0) is 12.2. The first-order chi connectivity index (χ1) is 7.56. The van der Waals surface area contributed by atoms with Crippen LogP contribution in [0.2, 0.25) is 0 Å². The normalized spacial score (nSPS) is 11.5. The molecule has 0 aromatic heterocycles. The average Bonchev–Trinajstić information content (AvgIpc) is 2.29. The lowest BCUT2D eigenvalue weighted by molar-refractivity contribution is 0.0834. The molecule has 0 saturated carbocycles. The van der Waals surface area contributed by atoms with E-state index in [-0.39, 0.29) is 0 Å². The lowest BCUT2D eigenvalue weighted by Gasteiger charge is -2.30. The molecule has 6 heteroatoms. The average molecular weight is 291 g/mol. The van der Waals surface area contributed by atoms with Gasteiger partial charge in [0.05, 0.1) is 31.2 Å². The van der Waals surface area contributed by atoms with Crippen LogP contribution in [0.25, 0.3) is 0 Å². The van der Waals surface area contributed by atoms with Gasteiger partial charge in [0.1, 0.15) is 5.54 Å². The first kappa shape index (κ1) is 13.2. The molecule has 1 rings (SSSR count). The van der Waals surface area contributed by atoms with Gasteiger partial charge in [-0.25, -0.2) is 0 Å². The van der Waals surface area contributed by atoms with Crippen molar-refractivity contribution in [2.24, 2.45) is 0 Å². The van der Waals surface area contributed by atoms with Crippen LogP contribution in [-0.4, -0.2) is 40.7 Å². The second-order valence-corrected chi connectivity index (χ2v) is 4.53. The molecule has 0 amide bonds. The molecule has 0 saturated heterocycles. The molecule has 0 bridgehead atoms. The Morgan fingerprint density at radius 1 is 1.19 bits per heavy atom. The molecular weight excluding hydrogens is 276 g/mol. The van der Waals surface area contributed by atoms with Gasteiger partial charge in [-0.05, 0) is 18.2 Å². The number of anilines is 2. The van der Waals surface area contributed by atoms with Crippen LogP contribution in [0, 0.1) is 0 Å². The van der Waals surface area contributed by atoms with E-state index in [1.54, 1.807) is 18.2 Å². The Kier molecular flexibility index (Phi) is 4.55. The van der Waals surface area contributed by atoms with Crippen LogP contribution in [0.5, 0.6) is 0 Å². The van der Waals surface area contributed by atoms with Gasteiger partial charge in [0.25, 0.3) is 0 Å². The van der Waals surface area contributed by atoms with Crippen molar-refractivity contribution in [1.29, 1.82) is 0 Å². The van der Waals surface area contributed by atoms with Crippen LogP contribution in [0.1, 0.15) is 0 Å². The SMILES string of the molecule is Nc1cc(Br)ccc1NC(CO)(CO)CO. The van der Waals surface area contributed by atoms with Gasteiger partial charge in [-0.1, -0.05) is 15.9 Å². The summed E-state index contributed by atoms with van der Waals surface area (Å²) in [5, 5.41) is 30.3. The van der Waals surface area contributed by atoms with Gasteiger partial charge < -0.3 is 26.4 Å². The largest absolute Gasteiger partial charge is 0.397 e. The van der Waals surface area contributed by atoms with Crippen LogP contribution >= 0.6 is 15.9 Å². The van der Waals surface area contributed by atoms with Crippen molar-refractivity contribution in [3.8, 4) is 0 Å². The topological polar surface area (TPSA) is 98.7 Å². The summed E-state index contributed by atoms with van der Waals surface area (Å²) in [4.78, 5) is 0. The lowest BCUT2D eigenvalue weighted by Crippen LogP contribution is -2.49. The summed E-state index contributed by atoms with van der Waals surface area (Å²) in [7, 11) is 0. The van der Waals surface area contributed by atoms with Crippen LogP contribution < -0.4 is 11.1 Å². The number of benzene rings is 1. The number of rotatable bonds is 5. The molecule has 6 N–H and O–H groups in total. The summed E-state index contributed by atoms with van der Waals surface area (Å²) in [5.41, 5.74) is 5.61. The molecule has 0 aliphatic rings. The minimum absolute atomic E-state index is 0.393. The Morgan fingerprint density at radius 2 is 1.75 bits per heavy atom. The third-order valence-corrected chi connectivity index (χ3v) is 2.81. The standard InChI is InChI=1S/C10H15BrN2O3/c11-7-1-2-9(8(12)3-7)13-10(4-14,5-15)6-16/h1-3,13-16H,4-6,12H2. The predicted octanol–water partition coefficient (Wildman–Crippen LogP) is 0.159. The molecule has 0 fully saturated rings. The van der Waals surface area contributed by atoms with Gasteiger partial charge in [0.15, 0.2) is 0 Å². The molecule has 0 unspecified atom stereocenters. The Balaban J connectivity index is 2.93. The highest BCUT2D eigenvalue weighted by molar-refractivity contribution is 9.10. The monoisotopic (exact) mass is 290 g/mol. The van der Waals surface area contributed by atoms with Gasteiger partial charge >= 0.3 is 0 Å². The maximum absolute atomic E-state index is 9.15. The van der Waals surface area contributed by atoms with Gasteiger partial charge in [0, 0.05) is 4.47 Å². The smallest absolute Gasteiger partial charge is 0.107 e. The van der Waals surface area contributed by atoms with Crippen molar-refractivity contribution < 1.29 is 15.3 Å². The summed E-state index contributed by atoms with van der Waals surface area (Å²) >= 11 is 3.27. The second-order valence-electron chi connectivity index (χ2n) is 3.61. The summed E-state index contributed by atoms with van der Waals surface area (Å²) in [5.74, 6) is 0. The Labute approximate surface area is 102 Å². The number of halogens is 1. The molecule has 90 valence electrons. The van der Waals surface area contributed by atoms with E-state index in [2.05, 4.69) is 21.2 Å². The van der Waals surface area contributed by atoms with Crippen molar-refractivity contribution >= 4 is 27.3 Å². The van der Waals surface area contributed by atoms with E-state index in [4.69, 9.17) is 21.1 Å². The quantitative estimate of drug-likeness (QED) is 0.498.